The minimum absolute atomic E-state index is 0.196. The van der Waals surface area contributed by atoms with Crippen LogP contribution in [0.15, 0.2) is 12.4 Å². The molecular formula is C13H22N4O. The van der Waals surface area contributed by atoms with Crippen LogP contribution in [0.3, 0.4) is 0 Å². The number of aliphatic hydroxyl groups is 1. The third kappa shape index (κ3) is 3.10. The molecule has 5 nitrogen and oxygen atoms in total. The monoisotopic (exact) mass is 250 g/mol. The van der Waals surface area contributed by atoms with E-state index < -0.39 is 0 Å². The Bertz CT molecular complexity index is 372. The van der Waals surface area contributed by atoms with Gasteiger partial charge in [0.2, 0.25) is 0 Å². The molecule has 1 aliphatic heterocycles. The first-order valence-electron chi connectivity index (χ1n) is 6.78. The summed E-state index contributed by atoms with van der Waals surface area (Å²) in [6, 6.07) is 2.18. The van der Waals surface area contributed by atoms with Crippen molar-refractivity contribution in [2.45, 2.75) is 38.6 Å². The average molecular weight is 250 g/mol. The third-order valence-electron chi connectivity index (χ3n) is 3.34. The van der Waals surface area contributed by atoms with E-state index in [0.29, 0.717) is 0 Å². The summed E-state index contributed by atoms with van der Waals surface area (Å²) in [6.07, 6.45) is 6.06. The van der Waals surface area contributed by atoms with E-state index in [9.17, 15) is 5.11 Å². The number of rotatable bonds is 5. The summed E-state index contributed by atoms with van der Waals surface area (Å²) < 4.78 is 0. The lowest BCUT2D eigenvalue weighted by Gasteiger charge is -2.35. The van der Waals surface area contributed by atoms with Crippen molar-refractivity contribution in [2.75, 3.05) is 29.9 Å². The molecule has 0 saturated carbocycles. The molecule has 1 atom stereocenters. The maximum Gasteiger partial charge on any atom is 0.134 e. The fraction of sp³-hybridized carbons (Fsp3) is 0.692. The van der Waals surface area contributed by atoms with E-state index in [1.807, 2.05) is 6.07 Å². The highest BCUT2D eigenvalue weighted by Crippen LogP contribution is 2.23. The molecule has 5 heteroatoms. The van der Waals surface area contributed by atoms with Crippen molar-refractivity contribution in [3.8, 4) is 0 Å². The number of hydrogen-bond acceptors (Lipinski definition) is 5. The second-order valence-electron chi connectivity index (χ2n) is 4.71. The Hall–Kier alpha value is -1.36. The van der Waals surface area contributed by atoms with Gasteiger partial charge in [0.25, 0.3) is 0 Å². The zero-order valence-electron chi connectivity index (χ0n) is 11.0. The standard InChI is InChI=1S/C13H22N4O/c1-2-6-14-12-8-13(16-10-15-12)17-7-4-3-5-11(17)9-18/h8,10-11,18H,2-7,9H2,1H3,(H,14,15,16). The molecule has 1 unspecified atom stereocenters. The maximum absolute atomic E-state index is 9.43. The summed E-state index contributed by atoms with van der Waals surface area (Å²) in [6.45, 7) is 4.21. The van der Waals surface area contributed by atoms with Gasteiger partial charge in [-0.25, -0.2) is 9.97 Å². The molecule has 2 heterocycles. The summed E-state index contributed by atoms with van der Waals surface area (Å²) in [5, 5.41) is 12.7. The molecule has 1 aliphatic rings. The first kappa shape index (κ1) is 13.1. The third-order valence-corrected chi connectivity index (χ3v) is 3.34. The van der Waals surface area contributed by atoms with E-state index in [1.54, 1.807) is 6.33 Å². The van der Waals surface area contributed by atoms with Crippen LogP contribution in [-0.4, -0.2) is 40.8 Å². The van der Waals surface area contributed by atoms with Gasteiger partial charge in [-0.2, -0.15) is 0 Å². The van der Waals surface area contributed by atoms with Gasteiger partial charge in [0.05, 0.1) is 12.6 Å². The number of nitrogens with one attached hydrogen (secondary N) is 1. The van der Waals surface area contributed by atoms with Crippen molar-refractivity contribution in [1.29, 1.82) is 0 Å². The SMILES string of the molecule is CCCNc1cc(N2CCCCC2CO)ncn1. The number of hydrogen-bond donors (Lipinski definition) is 2. The number of aromatic nitrogens is 2. The zero-order valence-corrected chi connectivity index (χ0v) is 11.0. The zero-order chi connectivity index (χ0) is 12.8. The molecule has 0 spiro atoms. The highest BCUT2D eigenvalue weighted by molar-refractivity contribution is 5.49. The van der Waals surface area contributed by atoms with Crippen LogP contribution in [0.1, 0.15) is 32.6 Å². The van der Waals surface area contributed by atoms with Crippen LogP contribution >= 0.6 is 0 Å². The molecule has 2 rings (SSSR count). The molecule has 0 aliphatic carbocycles. The molecule has 1 fully saturated rings. The Morgan fingerprint density at radius 2 is 2.33 bits per heavy atom. The van der Waals surface area contributed by atoms with Crippen LogP contribution < -0.4 is 10.2 Å². The summed E-state index contributed by atoms with van der Waals surface area (Å²) in [4.78, 5) is 10.7. The van der Waals surface area contributed by atoms with Crippen LogP contribution in [0.4, 0.5) is 11.6 Å². The predicted octanol–water partition coefficient (Wildman–Crippen LogP) is 1.65. The van der Waals surface area contributed by atoms with Gasteiger partial charge in [-0.3, -0.25) is 0 Å². The summed E-state index contributed by atoms with van der Waals surface area (Å²) in [7, 11) is 0. The average Bonchev–Trinajstić information content (AvgIpc) is 2.45. The van der Waals surface area contributed by atoms with E-state index in [4.69, 9.17) is 0 Å². The van der Waals surface area contributed by atoms with E-state index >= 15 is 0 Å². The van der Waals surface area contributed by atoms with Crippen LogP contribution in [0.25, 0.3) is 0 Å². The van der Waals surface area contributed by atoms with Crippen molar-refractivity contribution in [3.05, 3.63) is 12.4 Å². The Kier molecular flexibility index (Phi) is 4.75. The van der Waals surface area contributed by atoms with Gasteiger partial charge in [0.1, 0.15) is 18.0 Å². The summed E-state index contributed by atoms with van der Waals surface area (Å²) >= 11 is 0. The molecule has 0 radical (unpaired) electrons. The lowest BCUT2D eigenvalue weighted by Crippen LogP contribution is -2.42. The van der Waals surface area contributed by atoms with Crippen molar-refractivity contribution in [3.63, 3.8) is 0 Å². The summed E-state index contributed by atoms with van der Waals surface area (Å²) in [5.74, 6) is 1.78. The van der Waals surface area contributed by atoms with Crippen LogP contribution in [0.5, 0.6) is 0 Å². The Balaban J connectivity index is 2.10. The molecule has 1 aromatic heterocycles. The van der Waals surface area contributed by atoms with Gasteiger partial charge < -0.3 is 15.3 Å². The van der Waals surface area contributed by atoms with Crippen LogP contribution in [0, 0.1) is 0 Å². The minimum atomic E-state index is 0.196. The summed E-state index contributed by atoms with van der Waals surface area (Å²) in [5.41, 5.74) is 0. The first-order chi connectivity index (χ1) is 8.85. The predicted molar refractivity (Wildman–Crippen MR) is 72.9 cm³/mol. The van der Waals surface area contributed by atoms with Crippen molar-refractivity contribution < 1.29 is 5.11 Å². The molecule has 1 aromatic rings. The van der Waals surface area contributed by atoms with Crippen molar-refractivity contribution in [1.82, 2.24) is 9.97 Å². The highest BCUT2D eigenvalue weighted by atomic mass is 16.3. The Morgan fingerprint density at radius 3 is 3.11 bits per heavy atom. The van der Waals surface area contributed by atoms with Crippen molar-refractivity contribution in [2.24, 2.45) is 0 Å². The molecule has 0 amide bonds. The second-order valence-corrected chi connectivity index (χ2v) is 4.71. The van der Waals surface area contributed by atoms with Crippen LogP contribution in [-0.2, 0) is 0 Å². The quantitative estimate of drug-likeness (QED) is 0.832. The van der Waals surface area contributed by atoms with Gasteiger partial charge in [-0.15, -0.1) is 0 Å². The van der Waals surface area contributed by atoms with E-state index in [0.717, 1.165) is 44.0 Å². The van der Waals surface area contributed by atoms with Gasteiger partial charge in [0.15, 0.2) is 0 Å². The van der Waals surface area contributed by atoms with Crippen LogP contribution in [0.2, 0.25) is 0 Å². The fourth-order valence-corrected chi connectivity index (χ4v) is 2.35. The molecule has 18 heavy (non-hydrogen) atoms. The highest BCUT2D eigenvalue weighted by Gasteiger charge is 2.22. The topological polar surface area (TPSA) is 61.3 Å². The number of aliphatic hydroxyl groups excluding tert-OH is 1. The van der Waals surface area contributed by atoms with Crippen molar-refractivity contribution >= 4 is 11.6 Å². The normalized spacial score (nSPS) is 19.9. The number of nitrogens with zero attached hydrogens (tertiary/aromatic N) is 3. The van der Waals surface area contributed by atoms with E-state index in [-0.39, 0.29) is 12.6 Å². The molecular weight excluding hydrogens is 228 g/mol. The molecule has 100 valence electrons. The molecule has 0 aromatic carbocycles. The fourth-order valence-electron chi connectivity index (χ4n) is 2.35. The lowest BCUT2D eigenvalue weighted by molar-refractivity contribution is 0.239. The maximum atomic E-state index is 9.43. The second kappa shape index (κ2) is 6.54. The molecule has 1 saturated heterocycles. The van der Waals surface area contributed by atoms with E-state index in [2.05, 4.69) is 27.1 Å². The van der Waals surface area contributed by atoms with Gasteiger partial charge in [-0.05, 0) is 25.7 Å². The lowest BCUT2D eigenvalue weighted by atomic mass is 10.0. The van der Waals surface area contributed by atoms with Gasteiger partial charge in [-0.1, -0.05) is 6.92 Å². The van der Waals surface area contributed by atoms with E-state index in [1.165, 1.54) is 6.42 Å². The molecule has 2 N–H and O–H groups in total. The Labute approximate surface area is 108 Å². The number of anilines is 2. The molecule has 0 bridgehead atoms. The Morgan fingerprint density at radius 1 is 1.44 bits per heavy atom. The number of piperidine rings is 1. The van der Waals surface area contributed by atoms with Gasteiger partial charge >= 0.3 is 0 Å². The van der Waals surface area contributed by atoms with Gasteiger partial charge in [0, 0.05) is 19.2 Å². The first-order valence-corrected chi connectivity index (χ1v) is 6.78. The largest absolute Gasteiger partial charge is 0.394 e. The smallest absolute Gasteiger partial charge is 0.134 e. The minimum Gasteiger partial charge on any atom is -0.394 e.